The largest absolute Gasteiger partial charge is 0.429 e. The lowest BCUT2D eigenvalue weighted by Gasteiger charge is -1.86. The van der Waals surface area contributed by atoms with Gasteiger partial charge in [-0.05, 0) is 12.3 Å². The fourth-order valence-corrected chi connectivity index (χ4v) is 1.19. The van der Waals surface area contributed by atoms with Gasteiger partial charge in [-0.1, -0.05) is 6.92 Å². The monoisotopic (exact) mass is 138 g/mol. The second-order valence-electron chi connectivity index (χ2n) is 2.92. The van der Waals surface area contributed by atoms with E-state index < -0.39 is 0 Å². The molecule has 0 radical (unpaired) electrons. The summed E-state index contributed by atoms with van der Waals surface area (Å²) in [5, 5.41) is 0. The Balaban J connectivity index is 2.20. The van der Waals surface area contributed by atoms with Crippen molar-refractivity contribution in [2.45, 2.75) is 19.3 Å². The van der Waals surface area contributed by atoms with Gasteiger partial charge in [0.1, 0.15) is 5.76 Å². The third kappa shape index (κ3) is 0.781. The summed E-state index contributed by atoms with van der Waals surface area (Å²) < 4.78 is 5.14. The van der Waals surface area contributed by atoms with Crippen molar-refractivity contribution in [2.24, 2.45) is 5.92 Å². The molecule has 1 aliphatic carbocycles. The highest BCUT2D eigenvalue weighted by Crippen LogP contribution is 2.47. The molecule has 0 spiro atoms. The van der Waals surface area contributed by atoms with Gasteiger partial charge < -0.3 is 10.2 Å². The molecule has 1 saturated carbocycles. The molecule has 2 rings (SSSR count). The van der Waals surface area contributed by atoms with Gasteiger partial charge in [0.2, 0.25) is 0 Å². The predicted molar refractivity (Wildman–Crippen MR) is 37.4 cm³/mol. The third-order valence-electron chi connectivity index (χ3n) is 2.02. The topological polar surface area (TPSA) is 52.0 Å². The van der Waals surface area contributed by atoms with Crippen LogP contribution in [0.1, 0.15) is 25.0 Å². The smallest absolute Gasteiger partial charge is 0.292 e. The van der Waals surface area contributed by atoms with Crippen LogP contribution in [0.3, 0.4) is 0 Å². The van der Waals surface area contributed by atoms with E-state index in [1.807, 2.05) is 0 Å². The van der Waals surface area contributed by atoms with E-state index in [1.54, 1.807) is 6.20 Å². The molecule has 1 fully saturated rings. The van der Waals surface area contributed by atoms with Crippen LogP contribution in [0, 0.1) is 5.92 Å². The Morgan fingerprint density at radius 2 is 2.50 bits per heavy atom. The van der Waals surface area contributed by atoms with Gasteiger partial charge in [0.15, 0.2) is 0 Å². The van der Waals surface area contributed by atoms with Gasteiger partial charge in [0, 0.05) is 5.92 Å². The van der Waals surface area contributed by atoms with Crippen LogP contribution in [0.15, 0.2) is 10.6 Å². The molecule has 2 unspecified atom stereocenters. The van der Waals surface area contributed by atoms with Crippen molar-refractivity contribution in [3.63, 3.8) is 0 Å². The maximum absolute atomic E-state index is 5.31. The van der Waals surface area contributed by atoms with Crippen LogP contribution in [-0.2, 0) is 0 Å². The van der Waals surface area contributed by atoms with Gasteiger partial charge in [-0.3, -0.25) is 0 Å². The molecular weight excluding hydrogens is 128 g/mol. The minimum absolute atomic E-state index is 0.286. The summed E-state index contributed by atoms with van der Waals surface area (Å²) >= 11 is 0. The Labute approximate surface area is 59.2 Å². The Morgan fingerprint density at radius 3 is 2.90 bits per heavy atom. The summed E-state index contributed by atoms with van der Waals surface area (Å²) in [6.07, 6.45) is 2.94. The second kappa shape index (κ2) is 1.75. The van der Waals surface area contributed by atoms with Crippen molar-refractivity contribution in [1.29, 1.82) is 0 Å². The number of nitrogens with two attached hydrogens (primary N) is 1. The molecular formula is C7H10N2O. The van der Waals surface area contributed by atoms with E-state index in [1.165, 1.54) is 6.42 Å². The van der Waals surface area contributed by atoms with E-state index in [-0.39, 0.29) is 6.01 Å². The van der Waals surface area contributed by atoms with Gasteiger partial charge in [-0.25, -0.2) is 4.98 Å². The number of nitrogen functional groups attached to an aromatic ring is 1. The molecule has 54 valence electrons. The van der Waals surface area contributed by atoms with Crippen molar-refractivity contribution < 1.29 is 4.42 Å². The first kappa shape index (κ1) is 5.77. The van der Waals surface area contributed by atoms with Crippen LogP contribution in [0.5, 0.6) is 0 Å². The normalized spacial score (nSPS) is 30.5. The van der Waals surface area contributed by atoms with Gasteiger partial charge >= 0.3 is 0 Å². The molecule has 3 heteroatoms. The Morgan fingerprint density at radius 1 is 1.80 bits per heavy atom. The van der Waals surface area contributed by atoms with Crippen LogP contribution >= 0.6 is 0 Å². The molecule has 0 amide bonds. The van der Waals surface area contributed by atoms with E-state index in [0.717, 1.165) is 11.7 Å². The minimum Gasteiger partial charge on any atom is -0.429 e. The van der Waals surface area contributed by atoms with Crippen LogP contribution < -0.4 is 5.73 Å². The zero-order valence-corrected chi connectivity index (χ0v) is 5.87. The SMILES string of the molecule is CC1CC1c1cnc(N)o1. The Kier molecular flexibility index (Phi) is 1.01. The molecule has 1 aromatic rings. The first-order valence-corrected chi connectivity index (χ1v) is 3.48. The summed E-state index contributed by atoms with van der Waals surface area (Å²) in [5.74, 6) is 2.29. The summed E-state index contributed by atoms with van der Waals surface area (Å²) in [6.45, 7) is 2.20. The van der Waals surface area contributed by atoms with Crippen LogP contribution in [0.25, 0.3) is 0 Å². The molecule has 2 atom stereocenters. The summed E-state index contributed by atoms with van der Waals surface area (Å²) in [7, 11) is 0. The molecule has 10 heavy (non-hydrogen) atoms. The van der Waals surface area contributed by atoms with Crippen molar-refractivity contribution in [3.8, 4) is 0 Å². The third-order valence-corrected chi connectivity index (χ3v) is 2.02. The number of hydrogen-bond donors (Lipinski definition) is 1. The quantitative estimate of drug-likeness (QED) is 0.637. The lowest BCUT2D eigenvalue weighted by atomic mass is 10.3. The average Bonchev–Trinajstić information content (AvgIpc) is 2.42. The van der Waals surface area contributed by atoms with Gasteiger partial charge in [-0.2, -0.15) is 0 Å². The highest BCUT2D eigenvalue weighted by atomic mass is 16.4. The molecule has 0 aliphatic heterocycles. The first-order valence-electron chi connectivity index (χ1n) is 3.48. The van der Waals surface area contributed by atoms with E-state index in [9.17, 15) is 0 Å². The first-order chi connectivity index (χ1) is 4.77. The lowest BCUT2D eigenvalue weighted by molar-refractivity contribution is 0.519. The lowest BCUT2D eigenvalue weighted by Crippen LogP contribution is -1.80. The number of aromatic nitrogens is 1. The van der Waals surface area contributed by atoms with Crippen LogP contribution in [-0.4, -0.2) is 4.98 Å². The van der Waals surface area contributed by atoms with Crippen molar-refractivity contribution in [2.75, 3.05) is 5.73 Å². The molecule has 1 aliphatic rings. The summed E-state index contributed by atoms with van der Waals surface area (Å²) in [4.78, 5) is 3.82. The highest BCUT2D eigenvalue weighted by molar-refractivity contribution is 5.18. The molecule has 0 aromatic carbocycles. The molecule has 1 aromatic heterocycles. The zero-order valence-electron chi connectivity index (χ0n) is 5.87. The van der Waals surface area contributed by atoms with Crippen molar-refractivity contribution in [3.05, 3.63) is 12.0 Å². The second-order valence-corrected chi connectivity index (χ2v) is 2.92. The zero-order chi connectivity index (χ0) is 7.14. The fourth-order valence-electron chi connectivity index (χ4n) is 1.19. The molecule has 0 saturated heterocycles. The Bertz CT molecular complexity index is 244. The molecule has 1 heterocycles. The number of nitrogens with zero attached hydrogens (tertiary/aromatic N) is 1. The van der Waals surface area contributed by atoms with E-state index in [2.05, 4.69) is 11.9 Å². The minimum atomic E-state index is 0.286. The van der Waals surface area contributed by atoms with Gasteiger partial charge in [0.25, 0.3) is 6.01 Å². The number of oxazole rings is 1. The standard InChI is InChI=1S/C7H10N2O/c1-4-2-5(4)6-3-9-7(8)10-6/h3-5H,2H2,1H3,(H2,8,9). The average molecular weight is 138 g/mol. The summed E-state index contributed by atoms with van der Waals surface area (Å²) in [5.41, 5.74) is 5.31. The molecule has 2 N–H and O–H groups in total. The van der Waals surface area contributed by atoms with Crippen molar-refractivity contribution in [1.82, 2.24) is 4.98 Å². The van der Waals surface area contributed by atoms with E-state index >= 15 is 0 Å². The predicted octanol–water partition coefficient (Wildman–Crippen LogP) is 1.38. The van der Waals surface area contributed by atoms with Crippen LogP contribution in [0.2, 0.25) is 0 Å². The van der Waals surface area contributed by atoms with Gasteiger partial charge in [0.05, 0.1) is 6.20 Å². The van der Waals surface area contributed by atoms with E-state index in [0.29, 0.717) is 5.92 Å². The maximum atomic E-state index is 5.31. The Hall–Kier alpha value is -0.990. The summed E-state index contributed by atoms with van der Waals surface area (Å²) in [6, 6.07) is 0.286. The highest BCUT2D eigenvalue weighted by Gasteiger charge is 2.36. The van der Waals surface area contributed by atoms with Crippen LogP contribution in [0.4, 0.5) is 6.01 Å². The molecule has 3 nitrogen and oxygen atoms in total. The number of hydrogen-bond acceptors (Lipinski definition) is 3. The fraction of sp³-hybridized carbons (Fsp3) is 0.571. The van der Waals surface area contributed by atoms with Gasteiger partial charge in [-0.15, -0.1) is 0 Å². The number of anilines is 1. The molecule has 0 bridgehead atoms. The number of rotatable bonds is 1. The maximum Gasteiger partial charge on any atom is 0.292 e. The van der Waals surface area contributed by atoms with E-state index in [4.69, 9.17) is 10.2 Å². The van der Waals surface area contributed by atoms with Crippen molar-refractivity contribution >= 4 is 6.01 Å².